The average Bonchev–Trinajstić information content (AvgIpc) is 2.49. The van der Waals surface area contributed by atoms with Crippen molar-refractivity contribution in [2.24, 2.45) is 0 Å². The lowest BCUT2D eigenvalue weighted by molar-refractivity contribution is 0.296. The molecule has 0 radical (unpaired) electrons. The number of rotatable bonds is 8. The van der Waals surface area contributed by atoms with Crippen LogP contribution in [0.4, 0.5) is 0 Å². The zero-order valence-electron chi connectivity index (χ0n) is 12.0. The highest BCUT2D eigenvalue weighted by Gasteiger charge is 2.26. The van der Waals surface area contributed by atoms with Crippen molar-refractivity contribution >= 4 is 18.2 Å². The number of aryl methyl sites for hydroxylation is 1. The quantitative estimate of drug-likeness (QED) is 0.627. The van der Waals surface area contributed by atoms with Gasteiger partial charge in [0, 0.05) is 5.75 Å². The Morgan fingerprint density at radius 2 is 1.62 bits per heavy atom. The molecular formula is C16H19O3PS. The molecule has 0 bridgehead atoms. The monoisotopic (exact) mass is 322 g/mol. The van der Waals surface area contributed by atoms with Gasteiger partial charge < -0.3 is 4.52 Å². The summed E-state index contributed by atoms with van der Waals surface area (Å²) in [5, 5.41) is 0. The summed E-state index contributed by atoms with van der Waals surface area (Å²) in [4.78, 5) is 0. The van der Waals surface area contributed by atoms with Crippen LogP contribution in [-0.2, 0) is 15.5 Å². The van der Waals surface area contributed by atoms with E-state index in [0.29, 0.717) is 18.1 Å². The van der Waals surface area contributed by atoms with Crippen LogP contribution in [0.5, 0.6) is 5.75 Å². The van der Waals surface area contributed by atoms with Crippen molar-refractivity contribution in [1.82, 2.24) is 0 Å². The summed E-state index contributed by atoms with van der Waals surface area (Å²) in [6, 6.07) is 19.3. The molecule has 0 N–H and O–H groups in total. The van der Waals surface area contributed by atoms with Gasteiger partial charge in [-0.05, 0) is 42.4 Å². The van der Waals surface area contributed by atoms with Gasteiger partial charge in [-0.25, -0.2) is 4.57 Å². The summed E-state index contributed by atoms with van der Waals surface area (Å²) < 4.78 is 23.6. The van der Waals surface area contributed by atoms with E-state index < -0.39 is 6.80 Å². The molecule has 21 heavy (non-hydrogen) atoms. The fourth-order valence-corrected chi connectivity index (χ4v) is 5.11. The Bertz CT molecular complexity index is 575. The van der Waals surface area contributed by atoms with Crippen LogP contribution < -0.4 is 4.52 Å². The van der Waals surface area contributed by atoms with Crippen molar-refractivity contribution in [3.05, 3.63) is 66.2 Å². The third-order valence-corrected chi connectivity index (χ3v) is 6.48. The second kappa shape index (κ2) is 8.28. The minimum absolute atomic E-state index is 0.364. The molecule has 0 saturated carbocycles. The second-order valence-corrected chi connectivity index (χ2v) is 8.46. The molecule has 0 spiro atoms. The Morgan fingerprint density at radius 1 is 1.00 bits per heavy atom. The molecule has 112 valence electrons. The first-order valence-electron chi connectivity index (χ1n) is 6.89. The van der Waals surface area contributed by atoms with Crippen LogP contribution in [0.3, 0.4) is 0 Å². The van der Waals surface area contributed by atoms with E-state index in [9.17, 15) is 4.57 Å². The zero-order valence-corrected chi connectivity index (χ0v) is 13.7. The topological polar surface area (TPSA) is 35.5 Å². The molecule has 0 amide bonds. The van der Waals surface area contributed by atoms with Crippen LogP contribution in [0.15, 0.2) is 60.7 Å². The summed E-state index contributed by atoms with van der Waals surface area (Å²) in [7, 11) is 0. The van der Waals surface area contributed by atoms with Gasteiger partial charge in [0.2, 0.25) is 0 Å². The van der Waals surface area contributed by atoms with E-state index in [1.54, 1.807) is 12.1 Å². The van der Waals surface area contributed by atoms with Gasteiger partial charge in [-0.1, -0.05) is 48.5 Å². The highest BCUT2D eigenvalue weighted by Crippen LogP contribution is 2.60. The van der Waals surface area contributed by atoms with E-state index in [-0.39, 0.29) is 0 Å². The van der Waals surface area contributed by atoms with Crippen LogP contribution in [0.25, 0.3) is 0 Å². The van der Waals surface area contributed by atoms with Gasteiger partial charge in [-0.3, -0.25) is 4.52 Å². The van der Waals surface area contributed by atoms with E-state index in [1.807, 2.05) is 43.3 Å². The normalized spacial score (nSPS) is 13.6. The van der Waals surface area contributed by atoms with Gasteiger partial charge in [0.15, 0.2) is 0 Å². The van der Waals surface area contributed by atoms with Crippen molar-refractivity contribution in [2.75, 3.05) is 12.4 Å². The number of benzene rings is 2. The van der Waals surface area contributed by atoms with Gasteiger partial charge >= 0.3 is 6.80 Å². The molecule has 0 aliphatic carbocycles. The minimum Gasteiger partial charge on any atom is -0.417 e. The maximum Gasteiger partial charge on any atom is 0.440 e. The third-order valence-electron chi connectivity index (χ3n) is 2.73. The van der Waals surface area contributed by atoms with E-state index in [1.165, 1.54) is 16.9 Å². The smallest absolute Gasteiger partial charge is 0.417 e. The van der Waals surface area contributed by atoms with E-state index >= 15 is 0 Å². The third kappa shape index (κ3) is 5.58. The van der Waals surface area contributed by atoms with E-state index in [0.717, 1.165) is 6.42 Å². The lowest BCUT2D eigenvalue weighted by Gasteiger charge is -2.17. The summed E-state index contributed by atoms with van der Waals surface area (Å²) in [5.74, 6) is 1.26. The van der Waals surface area contributed by atoms with E-state index in [2.05, 4.69) is 12.1 Å². The van der Waals surface area contributed by atoms with Crippen molar-refractivity contribution in [3.8, 4) is 5.75 Å². The molecule has 2 rings (SSSR count). The maximum absolute atomic E-state index is 12.7. The molecule has 0 fully saturated rings. The van der Waals surface area contributed by atoms with Crippen LogP contribution in [0.1, 0.15) is 12.5 Å². The molecular weight excluding hydrogens is 303 g/mol. The Kier molecular flexibility index (Phi) is 6.37. The largest absolute Gasteiger partial charge is 0.440 e. The molecule has 3 nitrogen and oxygen atoms in total. The van der Waals surface area contributed by atoms with Crippen molar-refractivity contribution in [2.45, 2.75) is 13.3 Å². The Balaban J connectivity index is 1.93. The maximum atomic E-state index is 12.7. The van der Waals surface area contributed by atoms with Gasteiger partial charge in [0.25, 0.3) is 0 Å². The first kappa shape index (κ1) is 16.2. The van der Waals surface area contributed by atoms with Crippen LogP contribution in [-0.4, -0.2) is 12.4 Å². The number of para-hydroxylation sites is 1. The fraction of sp³-hybridized carbons (Fsp3) is 0.250. The van der Waals surface area contributed by atoms with Gasteiger partial charge in [0.05, 0.1) is 6.61 Å². The Labute approximate surface area is 130 Å². The van der Waals surface area contributed by atoms with Gasteiger partial charge in [-0.15, -0.1) is 0 Å². The second-order valence-electron chi connectivity index (χ2n) is 4.34. The molecule has 1 unspecified atom stereocenters. The SMILES string of the molecule is CCOP(=O)(Oc1ccccc1)SCCc1ccccc1. The number of hydrogen-bond acceptors (Lipinski definition) is 4. The van der Waals surface area contributed by atoms with E-state index in [4.69, 9.17) is 9.05 Å². The lowest BCUT2D eigenvalue weighted by Crippen LogP contribution is -1.97. The predicted molar refractivity (Wildman–Crippen MR) is 88.9 cm³/mol. The summed E-state index contributed by atoms with van der Waals surface area (Å²) in [6.45, 7) is -0.980. The molecule has 0 aliphatic heterocycles. The Hall–Kier alpha value is -1.22. The average molecular weight is 322 g/mol. The molecule has 1 atom stereocenters. The highest BCUT2D eigenvalue weighted by molar-refractivity contribution is 8.55. The standard InChI is InChI=1S/C16H19O3PS/c1-2-18-20(17,19-16-11-7-4-8-12-16)21-14-13-15-9-5-3-6-10-15/h3-12H,2,13-14H2,1H3. The number of hydrogen-bond donors (Lipinski definition) is 0. The molecule has 2 aromatic carbocycles. The van der Waals surface area contributed by atoms with Crippen LogP contribution in [0, 0.1) is 0 Å². The van der Waals surface area contributed by atoms with Crippen LogP contribution in [0.2, 0.25) is 0 Å². The molecule has 0 aliphatic rings. The highest BCUT2D eigenvalue weighted by atomic mass is 32.7. The van der Waals surface area contributed by atoms with Gasteiger partial charge in [0.1, 0.15) is 5.75 Å². The molecule has 5 heteroatoms. The first-order valence-corrected chi connectivity index (χ1v) is 10.0. The molecule has 0 saturated heterocycles. The summed E-state index contributed by atoms with van der Waals surface area (Å²) >= 11 is 1.25. The fourth-order valence-electron chi connectivity index (χ4n) is 1.78. The van der Waals surface area contributed by atoms with Gasteiger partial charge in [-0.2, -0.15) is 0 Å². The lowest BCUT2D eigenvalue weighted by atomic mass is 10.2. The zero-order chi connectivity index (χ0) is 15.0. The van der Waals surface area contributed by atoms with Crippen molar-refractivity contribution in [1.29, 1.82) is 0 Å². The predicted octanol–water partition coefficient (Wildman–Crippen LogP) is 5.19. The summed E-state index contributed by atoms with van der Waals surface area (Å²) in [5.41, 5.74) is 1.22. The summed E-state index contributed by atoms with van der Waals surface area (Å²) in [6.07, 6.45) is 0.834. The molecule has 0 heterocycles. The molecule has 0 aromatic heterocycles. The van der Waals surface area contributed by atoms with Crippen molar-refractivity contribution in [3.63, 3.8) is 0 Å². The van der Waals surface area contributed by atoms with Crippen molar-refractivity contribution < 1.29 is 13.6 Å². The minimum atomic E-state index is -3.16. The first-order chi connectivity index (χ1) is 10.2. The Morgan fingerprint density at radius 3 is 2.24 bits per heavy atom. The van der Waals surface area contributed by atoms with Crippen LogP contribution >= 0.6 is 18.2 Å². The molecule has 2 aromatic rings.